The van der Waals surface area contributed by atoms with Gasteiger partial charge in [-0.15, -0.1) is 0 Å². The number of carbonyl (C=O) groups excluding carboxylic acids is 1. The van der Waals surface area contributed by atoms with Crippen LogP contribution in [0, 0.1) is 5.92 Å². The molecule has 1 heterocycles. The predicted octanol–water partition coefficient (Wildman–Crippen LogP) is 2.38. The summed E-state index contributed by atoms with van der Waals surface area (Å²) in [5.74, 6) is 0.437. The SMILES string of the molecule is CC(=O)N[C@]1(c2ccccc2)C[C@@H](C)N(C)C[C@@H]1C. The summed E-state index contributed by atoms with van der Waals surface area (Å²) in [6.45, 7) is 7.06. The Balaban J connectivity index is 2.43. The third-order valence-electron chi connectivity index (χ3n) is 4.46. The lowest BCUT2D eigenvalue weighted by molar-refractivity contribution is -0.123. The molecule has 3 nitrogen and oxygen atoms in total. The number of nitrogens with zero attached hydrogens (tertiary/aromatic N) is 1. The Labute approximate surface area is 116 Å². The van der Waals surface area contributed by atoms with Crippen LogP contribution in [-0.4, -0.2) is 30.4 Å². The fraction of sp³-hybridized carbons (Fsp3) is 0.562. The van der Waals surface area contributed by atoms with Crippen molar-refractivity contribution in [2.75, 3.05) is 13.6 Å². The Hall–Kier alpha value is -1.35. The van der Waals surface area contributed by atoms with E-state index >= 15 is 0 Å². The van der Waals surface area contributed by atoms with Crippen molar-refractivity contribution in [1.82, 2.24) is 10.2 Å². The molecule has 0 saturated carbocycles. The van der Waals surface area contributed by atoms with Crippen molar-refractivity contribution in [2.45, 2.75) is 38.8 Å². The molecule has 0 unspecified atom stereocenters. The molecule has 0 spiro atoms. The average molecular weight is 260 g/mol. The van der Waals surface area contributed by atoms with Gasteiger partial charge in [0, 0.05) is 19.5 Å². The fourth-order valence-corrected chi connectivity index (χ4v) is 3.29. The normalized spacial score (nSPS) is 32.0. The van der Waals surface area contributed by atoms with Gasteiger partial charge in [0.1, 0.15) is 0 Å². The van der Waals surface area contributed by atoms with Gasteiger partial charge < -0.3 is 10.2 Å². The van der Waals surface area contributed by atoms with Crippen molar-refractivity contribution in [3.8, 4) is 0 Å². The minimum absolute atomic E-state index is 0.0486. The minimum atomic E-state index is -0.237. The molecule has 1 aliphatic rings. The first-order chi connectivity index (χ1) is 8.95. The van der Waals surface area contributed by atoms with Crippen molar-refractivity contribution in [1.29, 1.82) is 0 Å². The van der Waals surface area contributed by atoms with Crippen molar-refractivity contribution < 1.29 is 4.79 Å². The van der Waals surface area contributed by atoms with E-state index in [2.05, 4.69) is 55.4 Å². The predicted molar refractivity (Wildman–Crippen MR) is 77.8 cm³/mol. The third-order valence-corrected chi connectivity index (χ3v) is 4.46. The minimum Gasteiger partial charge on any atom is -0.346 e. The highest BCUT2D eigenvalue weighted by Gasteiger charge is 2.44. The highest BCUT2D eigenvalue weighted by atomic mass is 16.1. The van der Waals surface area contributed by atoms with Crippen LogP contribution in [0.15, 0.2) is 30.3 Å². The standard InChI is InChI=1S/C16H24N2O/c1-12-11-18(4)13(2)10-16(12,17-14(3)19)15-8-6-5-7-9-15/h5-9,12-13H,10-11H2,1-4H3,(H,17,19)/t12-,13+,16+/m0/s1. The van der Waals surface area contributed by atoms with Gasteiger partial charge in [-0.25, -0.2) is 0 Å². The number of likely N-dealkylation sites (tertiary alicyclic amines) is 1. The molecule has 19 heavy (non-hydrogen) atoms. The summed E-state index contributed by atoms with van der Waals surface area (Å²) in [7, 11) is 2.16. The lowest BCUT2D eigenvalue weighted by Gasteiger charge is -2.49. The number of carbonyl (C=O) groups is 1. The Kier molecular flexibility index (Phi) is 3.95. The molecule has 1 amide bonds. The zero-order valence-corrected chi connectivity index (χ0v) is 12.3. The van der Waals surface area contributed by atoms with Crippen LogP contribution < -0.4 is 5.32 Å². The summed E-state index contributed by atoms with van der Waals surface area (Å²) in [4.78, 5) is 14.1. The first kappa shape index (κ1) is 14.1. The molecule has 1 aliphatic heterocycles. The molecular weight excluding hydrogens is 236 g/mol. The van der Waals surface area contributed by atoms with E-state index in [9.17, 15) is 4.79 Å². The van der Waals surface area contributed by atoms with Crippen molar-refractivity contribution in [3.05, 3.63) is 35.9 Å². The van der Waals surface area contributed by atoms with Crippen molar-refractivity contribution in [2.24, 2.45) is 5.92 Å². The van der Waals surface area contributed by atoms with E-state index in [1.807, 2.05) is 6.07 Å². The maximum absolute atomic E-state index is 11.7. The maximum Gasteiger partial charge on any atom is 0.217 e. The summed E-state index contributed by atoms with van der Waals surface area (Å²) in [6.07, 6.45) is 0.953. The fourth-order valence-electron chi connectivity index (χ4n) is 3.29. The van der Waals surface area contributed by atoms with Crippen LogP contribution in [0.25, 0.3) is 0 Å². The summed E-state index contributed by atoms with van der Waals surface area (Å²) in [6, 6.07) is 10.8. The summed E-state index contributed by atoms with van der Waals surface area (Å²) < 4.78 is 0. The summed E-state index contributed by atoms with van der Waals surface area (Å²) >= 11 is 0. The zero-order chi connectivity index (χ0) is 14.0. The first-order valence-electron chi connectivity index (χ1n) is 7.00. The Morgan fingerprint density at radius 3 is 2.53 bits per heavy atom. The zero-order valence-electron chi connectivity index (χ0n) is 12.3. The Morgan fingerprint density at radius 1 is 1.32 bits per heavy atom. The van der Waals surface area contributed by atoms with Gasteiger partial charge in [0.2, 0.25) is 5.91 Å². The Bertz CT molecular complexity index is 445. The van der Waals surface area contributed by atoms with E-state index in [1.54, 1.807) is 6.92 Å². The van der Waals surface area contributed by atoms with Gasteiger partial charge in [-0.05, 0) is 31.9 Å². The van der Waals surface area contributed by atoms with E-state index < -0.39 is 0 Å². The second-order valence-corrected chi connectivity index (χ2v) is 5.91. The molecule has 0 aromatic heterocycles. The van der Waals surface area contributed by atoms with E-state index in [0.29, 0.717) is 12.0 Å². The van der Waals surface area contributed by atoms with Crippen molar-refractivity contribution in [3.63, 3.8) is 0 Å². The third kappa shape index (κ3) is 2.66. The molecular formula is C16H24N2O. The van der Waals surface area contributed by atoms with Gasteiger partial charge in [-0.1, -0.05) is 37.3 Å². The molecule has 0 aliphatic carbocycles. The number of benzene rings is 1. The number of hydrogen-bond donors (Lipinski definition) is 1. The highest BCUT2D eigenvalue weighted by molar-refractivity contribution is 5.74. The van der Waals surface area contributed by atoms with Crippen LogP contribution in [0.4, 0.5) is 0 Å². The van der Waals surface area contributed by atoms with Crippen LogP contribution in [0.2, 0.25) is 0 Å². The van der Waals surface area contributed by atoms with Gasteiger partial charge in [0.25, 0.3) is 0 Å². The number of piperidine rings is 1. The van der Waals surface area contributed by atoms with E-state index in [1.165, 1.54) is 5.56 Å². The molecule has 3 atom stereocenters. The molecule has 3 heteroatoms. The Morgan fingerprint density at radius 2 is 1.95 bits per heavy atom. The van der Waals surface area contributed by atoms with Crippen molar-refractivity contribution >= 4 is 5.91 Å². The van der Waals surface area contributed by atoms with Gasteiger partial charge in [-0.2, -0.15) is 0 Å². The number of nitrogens with one attached hydrogen (secondary N) is 1. The van der Waals surface area contributed by atoms with Crippen LogP contribution in [0.5, 0.6) is 0 Å². The van der Waals surface area contributed by atoms with Crippen LogP contribution in [-0.2, 0) is 10.3 Å². The highest BCUT2D eigenvalue weighted by Crippen LogP contribution is 2.39. The lowest BCUT2D eigenvalue weighted by Crippen LogP contribution is -2.59. The second-order valence-electron chi connectivity index (χ2n) is 5.91. The largest absolute Gasteiger partial charge is 0.346 e. The van der Waals surface area contributed by atoms with Crippen LogP contribution >= 0.6 is 0 Å². The van der Waals surface area contributed by atoms with Gasteiger partial charge in [0.15, 0.2) is 0 Å². The molecule has 1 saturated heterocycles. The lowest BCUT2D eigenvalue weighted by atomic mass is 9.71. The monoisotopic (exact) mass is 260 g/mol. The first-order valence-corrected chi connectivity index (χ1v) is 7.00. The van der Waals surface area contributed by atoms with Gasteiger partial charge >= 0.3 is 0 Å². The average Bonchev–Trinajstić information content (AvgIpc) is 2.36. The van der Waals surface area contributed by atoms with E-state index in [4.69, 9.17) is 0 Å². The molecule has 104 valence electrons. The summed E-state index contributed by atoms with van der Waals surface area (Å²) in [5, 5.41) is 3.25. The molecule has 0 radical (unpaired) electrons. The van der Waals surface area contributed by atoms with Crippen LogP contribution in [0.3, 0.4) is 0 Å². The molecule has 1 N–H and O–H groups in total. The molecule has 1 aromatic carbocycles. The van der Waals surface area contributed by atoms with Crippen LogP contribution in [0.1, 0.15) is 32.8 Å². The van der Waals surface area contributed by atoms with Gasteiger partial charge in [-0.3, -0.25) is 4.79 Å². The number of amides is 1. The quantitative estimate of drug-likeness (QED) is 0.885. The molecule has 1 fully saturated rings. The second kappa shape index (κ2) is 5.33. The van der Waals surface area contributed by atoms with Gasteiger partial charge in [0.05, 0.1) is 5.54 Å². The van der Waals surface area contributed by atoms with E-state index in [-0.39, 0.29) is 11.4 Å². The smallest absolute Gasteiger partial charge is 0.217 e. The van der Waals surface area contributed by atoms with E-state index in [0.717, 1.165) is 13.0 Å². The molecule has 0 bridgehead atoms. The number of rotatable bonds is 2. The number of hydrogen-bond acceptors (Lipinski definition) is 2. The topological polar surface area (TPSA) is 32.3 Å². The molecule has 2 rings (SSSR count). The maximum atomic E-state index is 11.7. The molecule has 1 aromatic rings. The summed E-state index contributed by atoms with van der Waals surface area (Å²) in [5.41, 5.74) is 0.983.